The van der Waals surface area contributed by atoms with E-state index in [4.69, 9.17) is 10.00 Å². The highest BCUT2D eigenvalue weighted by atomic mass is 16.5. The zero-order valence-electron chi connectivity index (χ0n) is 13.2. The SMILES string of the molecule is CC#N.CC(C)=O.CN(C)C=O.COC(C)(C)C. The van der Waals surface area contributed by atoms with Crippen molar-refractivity contribution in [2.24, 2.45) is 0 Å². The lowest BCUT2D eigenvalue weighted by molar-refractivity contribution is -0.116. The zero-order chi connectivity index (χ0) is 15.8. The first-order valence-electron chi connectivity index (χ1n) is 5.43. The van der Waals surface area contributed by atoms with Gasteiger partial charge < -0.3 is 14.4 Å². The van der Waals surface area contributed by atoms with Gasteiger partial charge in [0.25, 0.3) is 0 Å². The summed E-state index contributed by atoms with van der Waals surface area (Å²) in [5.74, 6) is 0.167. The van der Waals surface area contributed by atoms with Crippen LogP contribution in [0.1, 0.15) is 41.5 Å². The van der Waals surface area contributed by atoms with Crippen LogP contribution in [0.15, 0.2) is 0 Å². The number of amides is 1. The molecule has 0 spiro atoms. The van der Waals surface area contributed by atoms with Gasteiger partial charge in [-0.05, 0) is 34.6 Å². The largest absolute Gasteiger partial charge is 0.379 e. The van der Waals surface area contributed by atoms with Gasteiger partial charge in [-0.1, -0.05) is 0 Å². The Balaban J connectivity index is -0.0000000750. The third-order valence-electron chi connectivity index (χ3n) is 0.823. The highest BCUT2D eigenvalue weighted by molar-refractivity contribution is 5.72. The lowest BCUT2D eigenvalue weighted by atomic mass is 10.2. The predicted molar refractivity (Wildman–Crippen MR) is 74.2 cm³/mol. The molecule has 0 saturated carbocycles. The van der Waals surface area contributed by atoms with Crippen LogP contribution in [0.3, 0.4) is 0 Å². The average molecular weight is 260 g/mol. The highest BCUT2D eigenvalue weighted by Gasteiger charge is 2.03. The van der Waals surface area contributed by atoms with E-state index in [0.29, 0.717) is 0 Å². The van der Waals surface area contributed by atoms with E-state index >= 15 is 0 Å². The average Bonchev–Trinajstić information content (AvgIpc) is 2.18. The van der Waals surface area contributed by atoms with E-state index in [9.17, 15) is 9.59 Å². The van der Waals surface area contributed by atoms with Crippen LogP contribution in [0.5, 0.6) is 0 Å². The van der Waals surface area contributed by atoms with Crippen molar-refractivity contribution < 1.29 is 14.3 Å². The van der Waals surface area contributed by atoms with Crippen LogP contribution in [0.2, 0.25) is 0 Å². The molecular weight excluding hydrogens is 232 g/mol. The molecule has 0 atom stereocenters. The Morgan fingerprint density at radius 3 is 1.39 bits per heavy atom. The van der Waals surface area contributed by atoms with Gasteiger partial charge >= 0.3 is 0 Å². The van der Waals surface area contributed by atoms with Crippen molar-refractivity contribution in [1.82, 2.24) is 4.90 Å². The minimum Gasteiger partial charge on any atom is -0.379 e. The van der Waals surface area contributed by atoms with E-state index in [1.165, 1.54) is 25.7 Å². The highest BCUT2D eigenvalue weighted by Crippen LogP contribution is 2.02. The molecule has 0 aromatic rings. The monoisotopic (exact) mass is 260 g/mol. The Morgan fingerprint density at radius 2 is 1.39 bits per heavy atom. The van der Waals surface area contributed by atoms with Crippen LogP contribution in [-0.2, 0) is 14.3 Å². The standard InChI is InChI=1S/C5H12O.C3H7NO.C3H6O.C2H3N/c1-5(2,3)6-4;1-4(2)3-5;1-3(2)4;1-2-3/h1-4H3;3H,1-2H3;1-2H3;1H3. The van der Waals surface area contributed by atoms with Crippen LogP contribution in [0, 0.1) is 11.3 Å². The lowest BCUT2D eigenvalue weighted by Crippen LogP contribution is -2.15. The molecule has 0 radical (unpaired) electrons. The third kappa shape index (κ3) is 209. The van der Waals surface area contributed by atoms with Crippen molar-refractivity contribution in [1.29, 1.82) is 5.26 Å². The third-order valence-corrected chi connectivity index (χ3v) is 0.823. The van der Waals surface area contributed by atoms with E-state index in [0.717, 1.165) is 6.41 Å². The molecular formula is C13H28N2O3. The summed E-state index contributed by atoms with van der Waals surface area (Å²) in [5, 5.41) is 7.32. The van der Waals surface area contributed by atoms with E-state index in [1.807, 2.05) is 20.8 Å². The summed E-state index contributed by atoms with van der Waals surface area (Å²) in [6, 6.07) is 1.75. The summed E-state index contributed by atoms with van der Waals surface area (Å²) in [4.78, 5) is 20.3. The van der Waals surface area contributed by atoms with Crippen LogP contribution in [0.25, 0.3) is 0 Å². The lowest BCUT2D eigenvalue weighted by Gasteiger charge is -2.14. The van der Waals surface area contributed by atoms with Gasteiger partial charge in [0.15, 0.2) is 0 Å². The minimum absolute atomic E-state index is 0.0417. The van der Waals surface area contributed by atoms with Crippen LogP contribution >= 0.6 is 0 Å². The molecule has 0 aliphatic rings. The van der Waals surface area contributed by atoms with E-state index < -0.39 is 0 Å². The van der Waals surface area contributed by atoms with E-state index in [1.54, 1.807) is 27.3 Å². The first kappa shape index (κ1) is 25.4. The first-order chi connectivity index (χ1) is 7.98. The summed E-state index contributed by atoms with van der Waals surface area (Å²) in [6.07, 6.45) is 0.750. The summed E-state index contributed by atoms with van der Waals surface area (Å²) < 4.78 is 4.94. The molecule has 0 saturated heterocycles. The van der Waals surface area contributed by atoms with Crippen molar-refractivity contribution in [3.05, 3.63) is 0 Å². The molecule has 5 heteroatoms. The van der Waals surface area contributed by atoms with Crippen LogP contribution in [-0.4, -0.2) is 43.9 Å². The first-order valence-corrected chi connectivity index (χ1v) is 5.43. The van der Waals surface area contributed by atoms with Crippen LogP contribution in [0.4, 0.5) is 0 Å². The topological polar surface area (TPSA) is 70.4 Å². The summed E-state index contributed by atoms with van der Waals surface area (Å²) in [5.41, 5.74) is 0.0417. The molecule has 1 amide bonds. The van der Waals surface area contributed by atoms with Crippen molar-refractivity contribution in [2.45, 2.75) is 47.1 Å². The Hall–Kier alpha value is -1.41. The minimum atomic E-state index is 0.0417. The number of methoxy groups -OCH3 is 1. The second-order valence-electron chi connectivity index (χ2n) is 4.52. The van der Waals surface area contributed by atoms with Crippen molar-refractivity contribution in [3.8, 4) is 6.07 Å². The molecule has 0 aromatic heterocycles. The molecule has 18 heavy (non-hydrogen) atoms. The molecule has 0 aliphatic heterocycles. The Morgan fingerprint density at radius 1 is 1.28 bits per heavy atom. The number of carbonyl (C=O) groups excluding carboxylic acids is 2. The van der Waals surface area contributed by atoms with E-state index in [-0.39, 0.29) is 11.4 Å². The smallest absolute Gasteiger partial charge is 0.209 e. The zero-order valence-corrected chi connectivity index (χ0v) is 13.2. The number of hydrogen-bond acceptors (Lipinski definition) is 4. The molecule has 5 nitrogen and oxygen atoms in total. The second-order valence-corrected chi connectivity index (χ2v) is 4.52. The summed E-state index contributed by atoms with van der Waals surface area (Å²) in [7, 11) is 5.08. The van der Waals surface area contributed by atoms with Gasteiger partial charge in [0, 0.05) is 28.1 Å². The van der Waals surface area contributed by atoms with Crippen molar-refractivity contribution in [2.75, 3.05) is 21.2 Å². The molecule has 108 valence electrons. The van der Waals surface area contributed by atoms with Crippen molar-refractivity contribution >= 4 is 12.2 Å². The van der Waals surface area contributed by atoms with Gasteiger partial charge in [-0.3, -0.25) is 4.79 Å². The normalized spacial score (nSPS) is 7.78. The number of ketones is 1. The number of hydrogen-bond donors (Lipinski definition) is 0. The fourth-order valence-electron chi connectivity index (χ4n) is 0. The maximum Gasteiger partial charge on any atom is 0.209 e. The molecule has 0 heterocycles. The number of ether oxygens (including phenoxy) is 1. The van der Waals surface area contributed by atoms with Gasteiger partial charge in [0.05, 0.1) is 11.7 Å². The van der Waals surface area contributed by atoms with Gasteiger partial charge in [0.1, 0.15) is 5.78 Å². The maximum absolute atomic E-state index is 9.44. The molecule has 0 bridgehead atoms. The van der Waals surface area contributed by atoms with Gasteiger partial charge in [-0.25, -0.2) is 0 Å². The summed E-state index contributed by atoms with van der Waals surface area (Å²) in [6.45, 7) is 10.5. The number of rotatable bonds is 1. The number of nitrogens with zero attached hydrogens (tertiary/aromatic N) is 2. The van der Waals surface area contributed by atoms with E-state index in [2.05, 4.69) is 0 Å². The number of nitriles is 1. The fraction of sp³-hybridized carbons (Fsp3) is 0.769. The van der Waals surface area contributed by atoms with Gasteiger partial charge in [-0.15, -0.1) is 0 Å². The summed E-state index contributed by atoms with van der Waals surface area (Å²) >= 11 is 0. The van der Waals surface area contributed by atoms with Crippen molar-refractivity contribution in [3.63, 3.8) is 0 Å². The Kier molecular flexibility index (Phi) is 25.4. The predicted octanol–water partition coefficient (Wildman–Crippen LogP) is 2.26. The molecule has 0 fully saturated rings. The van der Waals surface area contributed by atoms with Gasteiger partial charge in [0.2, 0.25) is 6.41 Å². The molecule has 0 unspecified atom stereocenters. The molecule has 0 rings (SSSR count). The number of carbonyl (C=O) groups is 2. The molecule has 0 aromatic carbocycles. The molecule has 0 N–H and O–H groups in total. The Bertz CT molecular complexity index is 221. The quantitative estimate of drug-likeness (QED) is 0.678. The van der Waals surface area contributed by atoms with Gasteiger partial charge in [-0.2, -0.15) is 5.26 Å². The maximum atomic E-state index is 9.44. The van der Waals surface area contributed by atoms with Crippen LogP contribution < -0.4 is 0 Å². The molecule has 0 aliphatic carbocycles. The second kappa shape index (κ2) is 18.0. The number of Topliss-reactive ketones (excluding diaryl/α,β-unsaturated/α-hetero) is 1. The Labute approximate surface area is 112 Å². The fourth-order valence-corrected chi connectivity index (χ4v) is 0.